The summed E-state index contributed by atoms with van der Waals surface area (Å²) in [6, 6.07) is 7.85. The number of aromatic nitrogens is 3. The molecule has 0 aliphatic carbocycles. The number of nitrogens with zero attached hydrogens (tertiary/aromatic N) is 2. The molecule has 2 rings (SSSR count). The lowest BCUT2D eigenvalue weighted by Gasteiger charge is -2.13. The number of carbonyl (C=O) groups is 1. The first-order chi connectivity index (χ1) is 8.56. The molecule has 0 unspecified atom stereocenters. The molecular formula is C12H15N5O. The summed E-state index contributed by atoms with van der Waals surface area (Å²) in [4.78, 5) is 15.6. The van der Waals surface area contributed by atoms with Crippen LogP contribution in [0, 0.1) is 6.92 Å². The van der Waals surface area contributed by atoms with Gasteiger partial charge in [-0.3, -0.25) is 9.89 Å². The lowest BCUT2D eigenvalue weighted by atomic mass is 10.1. The van der Waals surface area contributed by atoms with Crippen molar-refractivity contribution in [1.29, 1.82) is 0 Å². The molecule has 0 aliphatic heterocycles. The van der Waals surface area contributed by atoms with Crippen LogP contribution >= 0.6 is 0 Å². The number of amides is 1. The normalized spacial score (nSPS) is 12.1. The first kappa shape index (κ1) is 12.1. The van der Waals surface area contributed by atoms with E-state index in [9.17, 15) is 4.79 Å². The van der Waals surface area contributed by atoms with Crippen molar-refractivity contribution in [2.45, 2.75) is 19.9 Å². The zero-order chi connectivity index (χ0) is 13.1. The Balaban J connectivity index is 2.07. The minimum absolute atomic E-state index is 0.0587. The summed E-state index contributed by atoms with van der Waals surface area (Å²) >= 11 is 0. The highest BCUT2D eigenvalue weighted by molar-refractivity contribution is 5.90. The van der Waals surface area contributed by atoms with E-state index in [0.29, 0.717) is 0 Å². The molecule has 0 saturated carbocycles. The van der Waals surface area contributed by atoms with Crippen LogP contribution in [0.25, 0.3) is 0 Å². The van der Waals surface area contributed by atoms with Gasteiger partial charge in [0.2, 0.25) is 11.8 Å². The summed E-state index contributed by atoms with van der Waals surface area (Å²) < 4.78 is 0. The summed E-state index contributed by atoms with van der Waals surface area (Å²) in [7, 11) is 0. The number of aromatic amines is 1. The van der Waals surface area contributed by atoms with Gasteiger partial charge in [0.15, 0.2) is 0 Å². The Morgan fingerprint density at radius 3 is 2.89 bits per heavy atom. The van der Waals surface area contributed by atoms with Crippen LogP contribution in [0.3, 0.4) is 0 Å². The van der Waals surface area contributed by atoms with Gasteiger partial charge in [-0.1, -0.05) is 29.8 Å². The van der Waals surface area contributed by atoms with Gasteiger partial charge in [-0.2, -0.15) is 4.98 Å². The number of benzene rings is 1. The van der Waals surface area contributed by atoms with E-state index in [1.807, 2.05) is 38.1 Å². The fourth-order valence-electron chi connectivity index (χ4n) is 1.66. The van der Waals surface area contributed by atoms with Crippen molar-refractivity contribution < 1.29 is 4.79 Å². The number of carbonyl (C=O) groups excluding carboxylic acids is 1. The van der Waals surface area contributed by atoms with Gasteiger partial charge in [-0.15, -0.1) is 5.10 Å². The molecule has 4 N–H and O–H groups in total. The Hall–Kier alpha value is -2.37. The molecule has 1 heterocycles. The van der Waals surface area contributed by atoms with Crippen LogP contribution in [-0.4, -0.2) is 21.1 Å². The number of aryl methyl sites for hydroxylation is 1. The van der Waals surface area contributed by atoms with Crippen LogP contribution in [0.15, 0.2) is 24.3 Å². The monoisotopic (exact) mass is 245 g/mol. The number of hydrogen-bond donors (Lipinski definition) is 3. The maximum absolute atomic E-state index is 11.8. The molecule has 94 valence electrons. The lowest BCUT2D eigenvalue weighted by molar-refractivity contribution is 0.0930. The maximum atomic E-state index is 11.8. The maximum Gasteiger partial charge on any atom is 0.289 e. The number of anilines is 1. The largest absolute Gasteiger partial charge is 0.366 e. The molecule has 0 spiro atoms. The summed E-state index contributed by atoms with van der Waals surface area (Å²) in [6.07, 6.45) is 0. The molecule has 0 radical (unpaired) electrons. The SMILES string of the molecule is Cc1cccc([C@H](C)NC(=O)c2nc(N)n[nH]2)c1. The van der Waals surface area contributed by atoms with Crippen molar-refractivity contribution in [3.63, 3.8) is 0 Å². The van der Waals surface area contributed by atoms with E-state index in [1.54, 1.807) is 0 Å². The number of nitrogen functional groups attached to an aromatic ring is 1. The van der Waals surface area contributed by atoms with Crippen molar-refractivity contribution in [3.05, 3.63) is 41.2 Å². The highest BCUT2D eigenvalue weighted by Crippen LogP contribution is 2.14. The van der Waals surface area contributed by atoms with Gasteiger partial charge in [0.05, 0.1) is 6.04 Å². The quantitative estimate of drug-likeness (QED) is 0.756. The molecule has 0 saturated heterocycles. The fraction of sp³-hybridized carbons (Fsp3) is 0.250. The first-order valence-electron chi connectivity index (χ1n) is 5.61. The molecule has 1 aromatic carbocycles. The molecule has 6 nitrogen and oxygen atoms in total. The van der Waals surface area contributed by atoms with Crippen LogP contribution in [-0.2, 0) is 0 Å². The zero-order valence-corrected chi connectivity index (χ0v) is 10.3. The molecule has 0 aliphatic rings. The zero-order valence-electron chi connectivity index (χ0n) is 10.3. The molecular weight excluding hydrogens is 230 g/mol. The Morgan fingerprint density at radius 2 is 2.28 bits per heavy atom. The number of nitrogens with two attached hydrogens (primary N) is 1. The van der Waals surface area contributed by atoms with E-state index in [-0.39, 0.29) is 23.7 Å². The lowest BCUT2D eigenvalue weighted by Crippen LogP contribution is -2.27. The van der Waals surface area contributed by atoms with E-state index in [0.717, 1.165) is 11.1 Å². The average Bonchev–Trinajstić information content (AvgIpc) is 2.76. The van der Waals surface area contributed by atoms with Gasteiger partial charge in [0, 0.05) is 0 Å². The van der Waals surface area contributed by atoms with E-state index in [2.05, 4.69) is 20.5 Å². The molecule has 0 bridgehead atoms. The van der Waals surface area contributed by atoms with Crippen LogP contribution < -0.4 is 11.1 Å². The number of hydrogen-bond acceptors (Lipinski definition) is 4. The fourth-order valence-corrected chi connectivity index (χ4v) is 1.66. The van der Waals surface area contributed by atoms with E-state index >= 15 is 0 Å². The Labute approximate surface area is 105 Å². The Morgan fingerprint density at radius 1 is 1.50 bits per heavy atom. The van der Waals surface area contributed by atoms with Crippen molar-refractivity contribution in [2.75, 3.05) is 5.73 Å². The second kappa shape index (κ2) is 4.87. The van der Waals surface area contributed by atoms with E-state index < -0.39 is 0 Å². The Kier molecular flexibility index (Phi) is 3.27. The number of rotatable bonds is 3. The second-order valence-electron chi connectivity index (χ2n) is 4.15. The van der Waals surface area contributed by atoms with Crippen LogP contribution in [0.1, 0.15) is 34.7 Å². The second-order valence-corrected chi connectivity index (χ2v) is 4.15. The third-order valence-electron chi connectivity index (χ3n) is 2.61. The number of H-pyrrole nitrogens is 1. The molecule has 0 fully saturated rings. The molecule has 2 aromatic rings. The first-order valence-corrected chi connectivity index (χ1v) is 5.61. The van der Waals surface area contributed by atoms with E-state index in [4.69, 9.17) is 5.73 Å². The predicted molar refractivity (Wildman–Crippen MR) is 67.9 cm³/mol. The topological polar surface area (TPSA) is 96.7 Å². The third-order valence-corrected chi connectivity index (χ3v) is 2.61. The summed E-state index contributed by atoms with van der Waals surface area (Å²) in [6.45, 7) is 3.92. The van der Waals surface area contributed by atoms with Crippen molar-refractivity contribution in [3.8, 4) is 0 Å². The van der Waals surface area contributed by atoms with Crippen molar-refractivity contribution in [1.82, 2.24) is 20.5 Å². The standard InChI is InChI=1S/C12H15N5O/c1-7-4-3-5-9(6-7)8(2)14-11(18)10-15-12(13)17-16-10/h3-6,8H,1-2H3,(H,14,18)(H3,13,15,16,17)/t8-/m0/s1. The molecule has 1 aromatic heterocycles. The smallest absolute Gasteiger partial charge is 0.289 e. The van der Waals surface area contributed by atoms with Crippen LogP contribution in [0.4, 0.5) is 5.95 Å². The molecule has 18 heavy (non-hydrogen) atoms. The summed E-state index contributed by atoms with van der Waals surface area (Å²) in [5.74, 6) is -0.149. The minimum atomic E-state index is -0.326. The van der Waals surface area contributed by atoms with Gasteiger partial charge < -0.3 is 11.1 Å². The van der Waals surface area contributed by atoms with Gasteiger partial charge in [0.1, 0.15) is 0 Å². The van der Waals surface area contributed by atoms with Crippen molar-refractivity contribution in [2.24, 2.45) is 0 Å². The molecule has 1 atom stereocenters. The minimum Gasteiger partial charge on any atom is -0.366 e. The Bertz CT molecular complexity index is 563. The van der Waals surface area contributed by atoms with Crippen molar-refractivity contribution >= 4 is 11.9 Å². The van der Waals surface area contributed by atoms with E-state index in [1.165, 1.54) is 0 Å². The van der Waals surface area contributed by atoms with Gasteiger partial charge in [0.25, 0.3) is 5.91 Å². The molecule has 6 heteroatoms. The van der Waals surface area contributed by atoms with Crippen LogP contribution in [0.5, 0.6) is 0 Å². The average molecular weight is 245 g/mol. The third kappa shape index (κ3) is 2.65. The predicted octanol–water partition coefficient (Wildman–Crippen LogP) is 1.19. The van der Waals surface area contributed by atoms with Gasteiger partial charge in [-0.25, -0.2) is 0 Å². The summed E-state index contributed by atoms with van der Waals surface area (Å²) in [5, 5.41) is 8.91. The molecule has 1 amide bonds. The highest BCUT2D eigenvalue weighted by atomic mass is 16.2. The van der Waals surface area contributed by atoms with Gasteiger partial charge in [-0.05, 0) is 19.4 Å². The highest BCUT2D eigenvalue weighted by Gasteiger charge is 2.14. The number of nitrogens with one attached hydrogen (secondary N) is 2. The van der Waals surface area contributed by atoms with Gasteiger partial charge >= 0.3 is 0 Å². The summed E-state index contributed by atoms with van der Waals surface area (Å²) in [5.41, 5.74) is 7.53. The van der Waals surface area contributed by atoms with Crippen LogP contribution in [0.2, 0.25) is 0 Å².